The molecule has 4 aromatic rings. The monoisotopic (exact) mass is 490 g/mol. The van der Waals surface area contributed by atoms with Gasteiger partial charge in [-0.15, -0.1) is 0 Å². The Labute approximate surface area is 190 Å². The van der Waals surface area contributed by atoms with Crippen LogP contribution in [0.1, 0.15) is 15.9 Å². The van der Waals surface area contributed by atoms with Crippen LogP contribution in [-0.4, -0.2) is 27.8 Å². The van der Waals surface area contributed by atoms with Crippen LogP contribution in [-0.2, 0) is 4.79 Å². The molecule has 0 saturated carbocycles. The summed E-state index contributed by atoms with van der Waals surface area (Å²) < 4.78 is 1.75. The maximum Gasteiger partial charge on any atom is 0.296 e. The number of aliphatic hydroxyl groups excluding tert-OH is 1. The molecule has 1 aliphatic heterocycles. The number of fused-ring (bicyclic) bond motifs is 1. The van der Waals surface area contributed by atoms with Gasteiger partial charge in [-0.25, -0.2) is 4.98 Å². The normalized spacial score (nSPS) is 16.4. The summed E-state index contributed by atoms with van der Waals surface area (Å²) in [5.41, 5.74) is 2.08. The fourth-order valence-corrected chi connectivity index (χ4v) is 5.04. The molecule has 2 heterocycles. The van der Waals surface area contributed by atoms with Gasteiger partial charge >= 0.3 is 0 Å². The molecule has 1 amide bonds. The van der Waals surface area contributed by atoms with Gasteiger partial charge in [0, 0.05) is 15.6 Å². The number of hydrogen-bond acceptors (Lipinski definition) is 5. The zero-order chi connectivity index (χ0) is 21.5. The number of Topliss-reactive ketones (excluding diaryl/α,β-unsaturated/α-hetero) is 1. The highest BCUT2D eigenvalue weighted by molar-refractivity contribution is 9.10. The van der Waals surface area contributed by atoms with Crippen LogP contribution in [0.3, 0.4) is 0 Å². The number of thiazole rings is 1. The second kappa shape index (κ2) is 7.76. The maximum absolute atomic E-state index is 13.6. The van der Waals surface area contributed by atoms with E-state index in [9.17, 15) is 14.7 Å². The predicted molar refractivity (Wildman–Crippen MR) is 125 cm³/mol. The van der Waals surface area contributed by atoms with Gasteiger partial charge in [0.1, 0.15) is 6.04 Å². The van der Waals surface area contributed by atoms with Crippen LogP contribution in [0.4, 0.5) is 5.13 Å². The molecule has 5 rings (SSSR count). The molecule has 0 fully saturated rings. The number of rotatable bonds is 4. The standard InChI is InChI=1S/C24H15BrN2O3S/c25-16-11-12-18-17(13-16)26-24(31-18)27-20(21(28)15-9-5-2-6-10-15)19(22(29)23(27)30)14-7-3-1-4-8-14/h1-13,20,29H/t20-/m1/s1. The predicted octanol–water partition coefficient (Wildman–Crippen LogP) is 5.63. The molecule has 0 spiro atoms. The van der Waals surface area contributed by atoms with E-state index < -0.39 is 17.7 Å². The van der Waals surface area contributed by atoms with Crippen LogP contribution in [0, 0.1) is 0 Å². The van der Waals surface area contributed by atoms with Crippen LogP contribution in [0.25, 0.3) is 15.8 Å². The van der Waals surface area contributed by atoms with Gasteiger partial charge in [-0.05, 0) is 23.8 Å². The average molecular weight is 491 g/mol. The molecule has 152 valence electrons. The summed E-state index contributed by atoms with van der Waals surface area (Å²) in [5, 5.41) is 11.2. The van der Waals surface area contributed by atoms with Gasteiger partial charge in [0.05, 0.1) is 10.2 Å². The molecular weight excluding hydrogens is 476 g/mol. The number of ketones is 1. The Balaban J connectivity index is 1.69. The number of halogens is 1. The number of amides is 1. The molecular formula is C24H15BrN2O3S. The van der Waals surface area contributed by atoms with Gasteiger partial charge in [0.25, 0.3) is 5.91 Å². The van der Waals surface area contributed by atoms with Crippen molar-refractivity contribution in [2.75, 3.05) is 4.90 Å². The van der Waals surface area contributed by atoms with Gasteiger partial charge in [0.15, 0.2) is 16.7 Å². The Bertz CT molecular complexity index is 1350. The molecule has 7 heteroatoms. The number of hydrogen-bond donors (Lipinski definition) is 1. The fourth-order valence-electron chi connectivity index (χ4n) is 3.71. The summed E-state index contributed by atoms with van der Waals surface area (Å²) in [6, 6.07) is 22.4. The first-order chi connectivity index (χ1) is 15.0. The van der Waals surface area contributed by atoms with Crippen LogP contribution in [0.5, 0.6) is 0 Å². The minimum absolute atomic E-state index is 0.280. The van der Waals surface area contributed by atoms with Crippen molar-refractivity contribution in [3.05, 3.63) is 100 Å². The topological polar surface area (TPSA) is 70.5 Å². The molecule has 31 heavy (non-hydrogen) atoms. The van der Waals surface area contributed by atoms with Crippen molar-refractivity contribution >= 4 is 59.9 Å². The van der Waals surface area contributed by atoms with Crippen molar-refractivity contribution in [3.63, 3.8) is 0 Å². The molecule has 1 atom stereocenters. The number of benzene rings is 3. The van der Waals surface area contributed by atoms with Crippen LogP contribution >= 0.6 is 27.3 Å². The smallest absolute Gasteiger partial charge is 0.296 e. The Morgan fingerprint density at radius 2 is 1.68 bits per heavy atom. The van der Waals surface area contributed by atoms with E-state index in [1.807, 2.05) is 42.5 Å². The SMILES string of the molecule is O=C(c1ccccc1)[C@H]1C(c2ccccc2)=C(O)C(=O)N1c1nc2cc(Br)ccc2s1. The summed E-state index contributed by atoms with van der Waals surface area (Å²) in [5.74, 6) is -1.34. The van der Waals surface area contributed by atoms with Crippen LogP contribution in [0.2, 0.25) is 0 Å². The Morgan fingerprint density at radius 3 is 2.39 bits per heavy atom. The second-order valence-electron chi connectivity index (χ2n) is 7.04. The lowest BCUT2D eigenvalue weighted by molar-refractivity contribution is -0.116. The van der Waals surface area contributed by atoms with Crippen LogP contribution < -0.4 is 4.90 Å². The molecule has 0 saturated heterocycles. The van der Waals surface area contributed by atoms with Crippen molar-refractivity contribution in [3.8, 4) is 0 Å². The van der Waals surface area contributed by atoms with E-state index in [0.717, 1.165) is 9.17 Å². The third kappa shape index (κ3) is 3.36. The highest BCUT2D eigenvalue weighted by atomic mass is 79.9. The number of aliphatic hydroxyl groups is 1. The molecule has 1 aromatic heterocycles. The lowest BCUT2D eigenvalue weighted by atomic mass is 9.93. The first-order valence-corrected chi connectivity index (χ1v) is 11.1. The first-order valence-electron chi connectivity index (χ1n) is 9.52. The second-order valence-corrected chi connectivity index (χ2v) is 8.97. The largest absolute Gasteiger partial charge is 0.503 e. The Kier molecular flexibility index (Phi) is 4.92. The van der Waals surface area contributed by atoms with E-state index in [1.165, 1.54) is 16.2 Å². The quantitative estimate of drug-likeness (QED) is 0.376. The van der Waals surface area contributed by atoms with E-state index in [0.29, 0.717) is 27.3 Å². The highest BCUT2D eigenvalue weighted by Gasteiger charge is 2.46. The summed E-state index contributed by atoms with van der Waals surface area (Å²) in [7, 11) is 0. The summed E-state index contributed by atoms with van der Waals surface area (Å²) >= 11 is 4.74. The van der Waals surface area contributed by atoms with E-state index in [4.69, 9.17) is 0 Å². The molecule has 0 bridgehead atoms. The van der Waals surface area contributed by atoms with Gasteiger partial charge in [-0.1, -0.05) is 87.9 Å². The molecule has 0 aliphatic carbocycles. The molecule has 0 radical (unpaired) electrons. The lowest BCUT2D eigenvalue weighted by Gasteiger charge is -2.23. The van der Waals surface area contributed by atoms with Crippen molar-refractivity contribution in [2.45, 2.75) is 6.04 Å². The minimum Gasteiger partial charge on any atom is -0.503 e. The molecule has 1 N–H and O–H groups in total. The molecule has 1 aliphatic rings. The molecule has 3 aromatic carbocycles. The zero-order valence-electron chi connectivity index (χ0n) is 16.0. The van der Waals surface area contributed by atoms with Crippen molar-refractivity contribution < 1.29 is 14.7 Å². The zero-order valence-corrected chi connectivity index (χ0v) is 18.4. The van der Waals surface area contributed by atoms with Crippen molar-refractivity contribution in [1.29, 1.82) is 0 Å². The molecule has 5 nitrogen and oxygen atoms in total. The highest BCUT2D eigenvalue weighted by Crippen LogP contribution is 2.40. The Hall–Kier alpha value is -3.29. The number of carbonyl (C=O) groups excluding carboxylic acids is 2. The van der Waals surface area contributed by atoms with E-state index >= 15 is 0 Å². The first kappa shape index (κ1) is 19.7. The molecule has 0 unspecified atom stereocenters. The number of nitrogens with zero attached hydrogens (tertiary/aromatic N) is 2. The van der Waals surface area contributed by atoms with E-state index in [2.05, 4.69) is 20.9 Å². The number of anilines is 1. The van der Waals surface area contributed by atoms with Crippen LogP contribution in [0.15, 0.2) is 89.1 Å². The summed E-state index contributed by atoms with van der Waals surface area (Å²) in [6.07, 6.45) is 0. The number of aromatic nitrogens is 1. The number of carbonyl (C=O) groups is 2. The third-order valence-electron chi connectivity index (χ3n) is 5.14. The fraction of sp³-hybridized carbons (Fsp3) is 0.0417. The van der Waals surface area contributed by atoms with Gasteiger partial charge in [0.2, 0.25) is 0 Å². The van der Waals surface area contributed by atoms with E-state index in [1.54, 1.807) is 36.4 Å². The van der Waals surface area contributed by atoms with Gasteiger partial charge in [-0.3, -0.25) is 14.5 Å². The third-order valence-corrected chi connectivity index (χ3v) is 6.67. The van der Waals surface area contributed by atoms with Crippen molar-refractivity contribution in [2.24, 2.45) is 0 Å². The summed E-state index contributed by atoms with van der Waals surface area (Å²) in [4.78, 5) is 32.7. The lowest BCUT2D eigenvalue weighted by Crippen LogP contribution is -2.41. The Morgan fingerprint density at radius 1 is 1.00 bits per heavy atom. The maximum atomic E-state index is 13.6. The van der Waals surface area contributed by atoms with Gasteiger partial charge in [-0.2, -0.15) is 0 Å². The van der Waals surface area contributed by atoms with Crippen molar-refractivity contribution in [1.82, 2.24) is 4.98 Å². The summed E-state index contributed by atoms with van der Waals surface area (Å²) in [6.45, 7) is 0. The average Bonchev–Trinajstić information content (AvgIpc) is 3.32. The van der Waals surface area contributed by atoms with E-state index in [-0.39, 0.29) is 5.78 Å². The van der Waals surface area contributed by atoms with Gasteiger partial charge < -0.3 is 5.11 Å². The minimum atomic E-state index is -1.01.